The van der Waals surface area contributed by atoms with Gasteiger partial charge in [-0.2, -0.15) is 0 Å². The number of benzene rings is 1. The molecular formula is C22H31N3O2. The fourth-order valence-electron chi connectivity index (χ4n) is 3.19. The van der Waals surface area contributed by atoms with E-state index in [9.17, 15) is 4.79 Å². The van der Waals surface area contributed by atoms with Crippen molar-refractivity contribution in [1.82, 2.24) is 14.3 Å². The third-order valence-electron chi connectivity index (χ3n) is 4.65. The SMILES string of the molecule is CC.CCC(CC)Oc1nn(C)c(=O)c2c1ccn2-c1ccc(C)cc1C. The van der Waals surface area contributed by atoms with Crippen molar-refractivity contribution in [2.24, 2.45) is 7.05 Å². The van der Waals surface area contributed by atoms with Crippen LogP contribution in [0.15, 0.2) is 35.3 Å². The largest absolute Gasteiger partial charge is 0.473 e. The molecule has 5 nitrogen and oxygen atoms in total. The number of aromatic nitrogens is 3. The molecule has 0 atom stereocenters. The Morgan fingerprint density at radius 3 is 2.37 bits per heavy atom. The van der Waals surface area contributed by atoms with Crippen molar-refractivity contribution >= 4 is 10.9 Å². The van der Waals surface area contributed by atoms with Crippen LogP contribution in [0.25, 0.3) is 16.6 Å². The highest BCUT2D eigenvalue weighted by Crippen LogP contribution is 2.27. The molecule has 0 aliphatic rings. The molecule has 0 spiro atoms. The van der Waals surface area contributed by atoms with E-state index in [1.54, 1.807) is 7.05 Å². The maximum atomic E-state index is 12.8. The molecule has 1 aromatic carbocycles. The van der Waals surface area contributed by atoms with Gasteiger partial charge in [0.2, 0.25) is 5.88 Å². The molecule has 3 rings (SSSR count). The van der Waals surface area contributed by atoms with E-state index in [1.807, 2.05) is 36.7 Å². The lowest BCUT2D eigenvalue weighted by Gasteiger charge is -2.16. The number of fused-ring (bicyclic) bond motifs is 1. The van der Waals surface area contributed by atoms with E-state index in [1.165, 1.54) is 10.2 Å². The van der Waals surface area contributed by atoms with Gasteiger partial charge in [0.1, 0.15) is 11.6 Å². The van der Waals surface area contributed by atoms with Crippen molar-refractivity contribution < 1.29 is 4.74 Å². The number of hydrogen-bond donors (Lipinski definition) is 0. The summed E-state index contributed by atoms with van der Waals surface area (Å²) in [5, 5.41) is 5.11. The van der Waals surface area contributed by atoms with Crippen LogP contribution in [0.3, 0.4) is 0 Å². The first kappa shape index (κ1) is 20.7. The quantitative estimate of drug-likeness (QED) is 0.640. The second kappa shape index (κ2) is 8.89. The van der Waals surface area contributed by atoms with Crippen molar-refractivity contribution in [3.05, 3.63) is 51.9 Å². The van der Waals surface area contributed by atoms with Crippen molar-refractivity contribution in [2.75, 3.05) is 0 Å². The Labute approximate surface area is 161 Å². The first-order valence-corrected chi connectivity index (χ1v) is 9.78. The summed E-state index contributed by atoms with van der Waals surface area (Å²) in [5.74, 6) is 0.523. The second-order valence-electron chi connectivity index (χ2n) is 6.53. The summed E-state index contributed by atoms with van der Waals surface area (Å²) in [5.41, 5.74) is 3.79. The van der Waals surface area contributed by atoms with E-state index in [0.717, 1.165) is 29.5 Å². The first-order chi connectivity index (χ1) is 13.0. The van der Waals surface area contributed by atoms with E-state index in [0.29, 0.717) is 11.4 Å². The zero-order valence-corrected chi connectivity index (χ0v) is 17.5. The molecule has 2 aromatic heterocycles. The normalized spacial score (nSPS) is 10.8. The predicted molar refractivity (Wildman–Crippen MR) is 112 cm³/mol. The monoisotopic (exact) mass is 369 g/mol. The summed E-state index contributed by atoms with van der Waals surface area (Å²) in [6.45, 7) is 12.3. The van der Waals surface area contributed by atoms with Crippen LogP contribution in [0.1, 0.15) is 51.7 Å². The molecule has 0 aliphatic heterocycles. The fraction of sp³-hybridized carbons (Fsp3) is 0.455. The Morgan fingerprint density at radius 2 is 1.78 bits per heavy atom. The van der Waals surface area contributed by atoms with Gasteiger partial charge >= 0.3 is 0 Å². The maximum absolute atomic E-state index is 12.8. The van der Waals surface area contributed by atoms with Crippen LogP contribution < -0.4 is 10.3 Å². The molecule has 0 unspecified atom stereocenters. The van der Waals surface area contributed by atoms with Crippen LogP contribution in [0, 0.1) is 13.8 Å². The molecule has 146 valence electrons. The molecule has 0 saturated carbocycles. The lowest BCUT2D eigenvalue weighted by atomic mass is 10.1. The molecule has 0 bridgehead atoms. The van der Waals surface area contributed by atoms with Gasteiger partial charge in [0.05, 0.1) is 5.39 Å². The molecule has 0 aliphatic carbocycles. The molecule has 0 amide bonds. The smallest absolute Gasteiger partial charge is 0.291 e. The van der Waals surface area contributed by atoms with Crippen LogP contribution in [-0.4, -0.2) is 20.5 Å². The van der Waals surface area contributed by atoms with Gasteiger partial charge in [-0.1, -0.05) is 45.4 Å². The molecule has 2 heterocycles. The van der Waals surface area contributed by atoms with Gasteiger partial charge in [-0.3, -0.25) is 4.79 Å². The number of rotatable bonds is 5. The highest BCUT2D eigenvalue weighted by Gasteiger charge is 2.18. The zero-order chi connectivity index (χ0) is 20.1. The van der Waals surface area contributed by atoms with E-state index in [-0.39, 0.29) is 11.7 Å². The van der Waals surface area contributed by atoms with E-state index >= 15 is 0 Å². The first-order valence-electron chi connectivity index (χ1n) is 9.78. The fourth-order valence-corrected chi connectivity index (χ4v) is 3.19. The molecule has 0 saturated heterocycles. The Balaban J connectivity index is 0.00000126. The van der Waals surface area contributed by atoms with Crippen molar-refractivity contribution in [3.63, 3.8) is 0 Å². The summed E-state index contributed by atoms with van der Waals surface area (Å²) >= 11 is 0. The van der Waals surface area contributed by atoms with Crippen molar-refractivity contribution in [3.8, 4) is 11.6 Å². The molecule has 27 heavy (non-hydrogen) atoms. The number of hydrogen-bond acceptors (Lipinski definition) is 3. The van der Waals surface area contributed by atoms with Gasteiger partial charge < -0.3 is 9.30 Å². The number of nitrogens with zero attached hydrogens (tertiary/aromatic N) is 3. The lowest BCUT2D eigenvalue weighted by molar-refractivity contribution is 0.183. The molecule has 0 fully saturated rings. The van der Waals surface area contributed by atoms with E-state index in [4.69, 9.17) is 4.74 Å². The molecule has 5 heteroatoms. The summed E-state index contributed by atoms with van der Waals surface area (Å²) in [4.78, 5) is 12.8. The minimum atomic E-state index is -0.128. The topological polar surface area (TPSA) is 49.1 Å². The predicted octanol–water partition coefficient (Wildman–Crippen LogP) is 4.93. The molecular weight excluding hydrogens is 338 g/mol. The van der Waals surface area contributed by atoms with Crippen molar-refractivity contribution in [2.45, 2.75) is 60.5 Å². The Kier molecular flexibility index (Phi) is 6.83. The summed E-state index contributed by atoms with van der Waals surface area (Å²) in [6, 6.07) is 8.14. The van der Waals surface area contributed by atoms with Crippen LogP contribution >= 0.6 is 0 Å². The van der Waals surface area contributed by atoms with E-state index in [2.05, 4.69) is 44.9 Å². The molecule has 0 N–H and O–H groups in total. The zero-order valence-electron chi connectivity index (χ0n) is 17.5. The summed E-state index contributed by atoms with van der Waals surface area (Å²) in [7, 11) is 1.67. The minimum Gasteiger partial charge on any atom is -0.473 e. The lowest BCUT2D eigenvalue weighted by Crippen LogP contribution is -2.24. The van der Waals surface area contributed by atoms with Gasteiger partial charge in [-0.25, -0.2) is 4.68 Å². The Morgan fingerprint density at radius 1 is 1.11 bits per heavy atom. The molecule has 0 radical (unpaired) electrons. The molecule has 3 aromatic rings. The van der Waals surface area contributed by atoms with Gasteiger partial charge in [-0.15, -0.1) is 5.10 Å². The standard InChI is InChI=1S/C20H25N3O2.C2H6/c1-6-15(7-2)25-19-16-10-11-23(18(16)20(24)22(5)21-19)17-9-8-13(3)12-14(17)4;1-2/h8-12,15H,6-7H2,1-5H3;1-2H3. The van der Waals surface area contributed by atoms with Gasteiger partial charge in [-0.05, 0) is 44.4 Å². The average molecular weight is 370 g/mol. The van der Waals surface area contributed by atoms with Crippen molar-refractivity contribution in [1.29, 1.82) is 0 Å². The third-order valence-corrected chi connectivity index (χ3v) is 4.65. The van der Waals surface area contributed by atoms with Crippen LogP contribution in [0.4, 0.5) is 0 Å². The van der Waals surface area contributed by atoms with Crippen LogP contribution in [-0.2, 0) is 7.05 Å². The summed E-state index contributed by atoms with van der Waals surface area (Å²) < 4.78 is 9.38. The van der Waals surface area contributed by atoms with Crippen LogP contribution in [0.2, 0.25) is 0 Å². The van der Waals surface area contributed by atoms with Gasteiger partial charge in [0.15, 0.2) is 0 Å². The summed E-state index contributed by atoms with van der Waals surface area (Å²) in [6.07, 6.45) is 3.82. The minimum absolute atomic E-state index is 0.0951. The van der Waals surface area contributed by atoms with Gasteiger partial charge in [0.25, 0.3) is 5.56 Å². The average Bonchev–Trinajstić information content (AvgIpc) is 3.10. The Bertz CT molecular complexity index is 966. The number of aryl methyl sites for hydroxylation is 3. The maximum Gasteiger partial charge on any atom is 0.291 e. The third kappa shape index (κ3) is 4.07. The highest BCUT2D eigenvalue weighted by molar-refractivity contribution is 5.85. The van der Waals surface area contributed by atoms with E-state index < -0.39 is 0 Å². The van der Waals surface area contributed by atoms with Gasteiger partial charge in [0, 0.05) is 18.9 Å². The number of ether oxygens (including phenoxy) is 1. The highest BCUT2D eigenvalue weighted by atomic mass is 16.5. The van der Waals surface area contributed by atoms with Crippen LogP contribution in [0.5, 0.6) is 5.88 Å². The second-order valence-corrected chi connectivity index (χ2v) is 6.53. The Hall–Kier alpha value is -2.56.